The van der Waals surface area contributed by atoms with Crippen LogP contribution in [0.2, 0.25) is 0 Å². The minimum absolute atomic E-state index is 0.0161. The number of carbonyl (C=O) groups excluding carboxylic acids is 2. The van der Waals surface area contributed by atoms with Gasteiger partial charge in [0.05, 0.1) is 11.9 Å². The lowest BCUT2D eigenvalue weighted by Gasteiger charge is -2.31. The highest BCUT2D eigenvalue weighted by molar-refractivity contribution is 7.92. The lowest BCUT2D eigenvalue weighted by Crippen LogP contribution is -2.49. The van der Waals surface area contributed by atoms with E-state index in [9.17, 15) is 22.4 Å². The van der Waals surface area contributed by atoms with E-state index in [1.54, 1.807) is 11.0 Å². The number of benzene rings is 2. The second kappa shape index (κ2) is 12.5. The maximum atomic E-state index is 14.3. The van der Waals surface area contributed by atoms with Crippen LogP contribution in [-0.4, -0.2) is 50.5 Å². The number of rotatable bonds is 12. The number of sulfonamides is 1. The Labute approximate surface area is 202 Å². The molecule has 2 amide bonds. The van der Waals surface area contributed by atoms with Crippen LogP contribution in [0.1, 0.15) is 44.2 Å². The first-order valence-electron chi connectivity index (χ1n) is 11.4. The molecule has 2 aromatic carbocycles. The van der Waals surface area contributed by atoms with Gasteiger partial charge < -0.3 is 10.2 Å². The summed E-state index contributed by atoms with van der Waals surface area (Å²) in [5, 5.41) is 2.79. The van der Waals surface area contributed by atoms with E-state index < -0.39 is 21.9 Å². The number of nitrogens with one attached hydrogen (secondary N) is 1. The lowest BCUT2D eigenvalue weighted by molar-refractivity contribution is -0.141. The molecule has 0 fully saturated rings. The number of aryl methyl sites for hydroxylation is 1. The minimum atomic E-state index is -3.75. The SMILES string of the molecule is CCNC(=O)[C@@H](CC)N(Cc1ccccc1C)C(=O)CCCN(c1ccccc1F)S(C)(=O)=O. The summed E-state index contributed by atoms with van der Waals surface area (Å²) < 4.78 is 39.8. The van der Waals surface area contributed by atoms with Gasteiger partial charge in [-0.2, -0.15) is 0 Å². The molecule has 0 radical (unpaired) electrons. The molecular weight excluding hydrogens is 457 g/mol. The smallest absolute Gasteiger partial charge is 0.242 e. The van der Waals surface area contributed by atoms with Crippen molar-refractivity contribution in [2.75, 3.05) is 23.7 Å². The van der Waals surface area contributed by atoms with Crippen molar-refractivity contribution in [1.29, 1.82) is 0 Å². The van der Waals surface area contributed by atoms with E-state index in [1.807, 2.05) is 45.0 Å². The Hall–Kier alpha value is -2.94. The Morgan fingerprint density at radius 2 is 1.71 bits per heavy atom. The molecule has 1 N–H and O–H groups in total. The third kappa shape index (κ3) is 7.28. The first kappa shape index (κ1) is 27.3. The third-order valence-electron chi connectivity index (χ3n) is 5.61. The summed E-state index contributed by atoms with van der Waals surface area (Å²) in [6.07, 6.45) is 1.64. The van der Waals surface area contributed by atoms with Gasteiger partial charge in [-0.25, -0.2) is 12.8 Å². The van der Waals surface area contributed by atoms with Crippen LogP contribution in [0.3, 0.4) is 0 Å². The Kier molecular flexibility index (Phi) is 10.0. The Morgan fingerprint density at radius 3 is 2.29 bits per heavy atom. The van der Waals surface area contributed by atoms with Gasteiger partial charge in [-0.05, 0) is 49.9 Å². The van der Waals surface area contributed by atoms with Crippen molar-refractivity contribution in [2.24, 2.45) is 0 Å². The monoisotopic (exact) mass is 491 g/mol. The predicted octanol–water partition coefficient (Wildman–Crippen LogP) is 3.62. The van der Waals surface area contributed by atoms with Crippen molar-refractivity contribution in [2.45, 2.75) is 52.6 Å². The zero-order chi connectivity index (χ0) is 25.3. The van der Waals surface area contributed by atoms with E-state index in [1.165, 1.54) is 18.2 Å². The molecule has 7 nitrogen and oxygen atoms in total. The maximum absolute atomic E-state index is 14.3. The van der Waals surface area contributed by atoms with E-state index in [-0.39, 0.29) is 43.4 Å². The molecule has 0 saturated carbocycles. The molecule has 34 heavy (non-hydrogen) atoms. The number of likely N-dealkylation sites (N-methyl/N-ethyl adjacent to an activating group) is 1. The fourth-order valence-corrected chi connectivity index (χ4v) is 4.79. The summed E-state index contributed by atoms with van der Waals surface area (Å²) >= 11 is 0. The van der Waals surface area contributed by atoms with Crippen LogP contribution >= 0.6 is 0 Å². The second-order valence-electron chi connectivity index (χ2n) is 8.16. The quantitative estimate of drug-likeness (QED) is 0.491. The van der Waals surface area contributed by atoms with E-state index in [0.717, 1.165) is 21.7 Å². The first-order valence-corrected chi connectivity index (χ1v) is 13.3. The Bertz CT molecular complexity index is 1090. The van der Waals surface area contributed by atoms with Crippen molar-refractivity contribution < 1.29 is 22.4 Å². The van der Waals surface area contributed by atoms with Gasteiger partial charge in [0.1, 0.15) is 11.9 Å². The number of para-hydroxylation sites is 1. The van der Waals surface area contributed by atoms with Gasteiger partial charge in [0, 0.05) is 26.1 Å². The van der Waals surface area contributed by atoms with E-state index in [0.29, 0.717) is 13.0 Å². The number of carbonyl (C=O) groups is 2. The topological polar surface area (TPSA) is 86.8 Å². The number of hydrogen-bond acceptors (Lipinski definition) is 4. The van der Waals surface area contributed by atoms with Crippen LogP contribution < -0.4 is 9.62 Å². The highest BCUT2D eigenvalue weighted by Gasteiger charge is 2.29. The summed E-state index contributed by atoms with van der Waals surface area (Å²) in [6.45, 7) is 6.28. The zero-order valence-corrected chi connectivity index (χ0v) is 21.1. The van der Waals surface area contributed by atoms with E-state index in [2.05, 4.69) is 5.32 Å². The van der Waals surface area contributed by atoms with Crippen LogP contribution in [-0.2, 0) is 26.2 Å². The molecule has 0 heterocycles. The molecule has 2 aromatic rings. The molecular formula is C25H34FN3O4S. The molecule has 186 valence electrons. The number of anilines is 1. The van der Waals surface area contributed by atoms with Crippen molar-refractivity contribution >= 4 is 27.5 Å². The average Bonchev–Trinajstić information content (AvgIpc) is 2.78. The van der Waals surface area contributed by atoms with Gasteiger partial charge in [0.15, 0.2) is 0 Å². The van der Waals surface area contributed by atoms with Crippen molar-refractivity contribution in [3.63, 3.8) is 0 Å². The molecule has 9 heteroatoms. The molecule has 0 bridgehead atoms. The highest BCUT2D eigenvalue weighted by Crippen LogP contribution is 2.22. The Balaban J connectivity index is 2.22. The standard InChI is InChI=1S/C25H34FN3O4S/c1-5-22(25(31)27-6-2)28(18-20-13-8-7-12-19(20)3)24(30)16-11-17-29(34(4,32)33)23-15-10-9-14-21(23)26/h7-10,12-15,22H,5-6,11,16-18H2,1-4H3,(H,27,31)/t22-/m1/s1. The number of nitrogens with zero attached hydrogens (tertiary/aromatic N) is 2. The summed E-state index contributed by atoms with van der Waals surface area (Å²) in [7, 11) is -3.75. The van der Waals surface area contributed by atoms with Crippen LogP contribution in [0.4, 0.5) is 10.1 Å². The molecule has 2 rings (SSSR count). The second-order valence-corrected chi connectivity index (χ2v) is 10.1. The number of halogens is 1. The zero-order valence-electron chi connectivity index (χ0n) is 20.3. The van der Waals surface area contributed by atoms with Crippen molar-refractivity contribution in [1.82, 2.24) is 10.2 Å². The van der Waals surface area contributed by atoms with Gasteiger partial charge in [-0.3, -0.25) is 13.9 Å². The number of amides is 2. The number of hydrogen-bond donors (Lipinski definition) is 1. The van der Waals surface area contributed by atoms with Crippen molar-refractivity contribution in [3.8, 4) is 0 Å². The summed E-state index contributed by atoms with van der Waals surface area (Å²) in [5.74, 6) is -1.14. The average molecular weight is 492 g/mol. The van der Waals surface area contributed by atoms with Gasteiger partial charge in [-0.15, -0.1) is 0 Å². The normalized spacial score (nSPS) is 12.1. The van der Waals surface area contributed by atoms with Gasteiger partial charge >= 0.3 is 0 Å². The first-order chi connectivity index (χ1) is 16.1. The van der Waals surface area contributed by atoms with Gasteiger partial charge in [0.25, 0.3) is 0 Å². The Morgan fingerprint density at radius 1 is 1.06 bits per heavy atom. The molecule has 0 unspecified atom stereocenters. The van der Waals surface area contributed by atoms with E-state index in [4.69, 9.17) is 0 Å². The minimum Gasteiger partial charge on any atom is -0.355 e. The van der Waals surface area contributed by atoms with Crippen LogP contribution in [0.15, 0.2) is 48.5 Å². The van der Waals surface area contributed by atoms with Crippen molar-refractivity contribution in [3.05, 3.63) is 65.5 Å². The van der Waals surface area contributed by atoms with Crippen LogP contribution in [0.25, 0.3) is 0 Å². The lowest BCUT2D eigenvalue weighted by atomic mass is 10.1. The largest absolute Gasteiger partial charge is 0.355 e. The van der Waals surface area contributed by atoms with Gasteiger partial charge in [0.2, 0.25) is 21.8 Å². The summed E-state index contributed by atoms with van der Waals surface area (Å²) in [4.78, 5) is 27.6. The fraction of sp³-hybridized carbons (Fsp3) is 0.440. The molecule has 0 aliphatic rings. The maximum Gasteiger partial charge on any atom is 0.242 e. The highest BCUT2D eigenvalue weighted by atomic mass is 32.2. The van der Waals surface area contributed by atoms with Crippen LogP contribution in [0, 0.1) is 12.7 Å². The predicted molar refractivity (Wildman–Crippen MR) is 132 cm³/mol. The molecule has 1 atom stereocenters. The van der Waals surface area contributed by atoms with Crippen LogP contribution in [0.5, 0.6) is 0 Å². The summed E-state index contributed by atoms with van der Waals surface area (Å²) in [6, 6.07) is 12.6. The van der Waals surface area contributed by atoms with Gasteiger partial charge in [-0.1, -0.05) is 43.3 Å². The molecule has 0 spiro atoms. The molecule has 0 saturated heterocycles. The third-order valence-corrected chi connectivity index (χ3v) is 6.79. The summed E-state index contributed by atoms with van der Waals surface area (Å²) in [5.41, 5.74) is 1.89. The fourth-order valence-electron chi connectivity index (χ4n) is 3.82. The molecule has 0 aliphatic carbocycles. The molecule has 0 aliphatic heterocycles. The molecule has 0 aromatic heterocycles. The van der Waals surface area contributed by atoms with E-state index >= 15 is 0 Å².